The molecule has 0 saturated heterocycles. The van der Waals surface area contributed by atoms with E-state index < -0.39 is 0 Å². The van der Waals surface area contributed by atoms with Crippen molar-refractivity contribution in [2.24, 2.45) is 0 Å². The van der Waals surface area contributed by atoms with Crippen LogP contribution in [0.3, 0.4) is 0 Å². The van der Waals surface area contributed by atoms with E-state index in [0.29, 0.717) is 30.4 Å². The Morgan fingerprint density at radius 3 is 2.65 bits per heavy atom. The van der Waals surface area contributed by atoms with E-state index in [4.69, 9.17) is 16.3 Å². The minimum Gasteiger partial charge on any atom is -0.383 e. The molecule has 0 bridgehead atoms. The van der Waals surface area contributed by atoms with Crippen molar-refractivity contribution in [2.75, 3.05) is 38.7 Å². The van der Waals surface area contributed by atoms with Gasteiger partial charge in [-0.3, -0.25) is 4.79 Å². The van der Waals surface area contributed by atoms with Crippen molar-refractivity contribution in [2.45, 2.75) is 19.5 Å². The summed E-state index contributed by atoms with van der Waals surface area (Å²) in [7, 11) is 1.57. The number of aromatic nitrogens is 1. The lowest BCUT2D eigenvalue weighted by Gasteiger charge is -2.38. The molecule has 4 rings (SSSR count). The van der Waals surface area contributed by atoms with Crippen LogP contribution in [-0.4, -0.2) is 59.7 Å². The number of carbonyl (C=O) groups excluding carboxylic acids is 2. The maximum absolute atomic E-state index is 13.6. The number of rotatable bonds is 7. The third-order valence-corrected chi connectivity index (χ3v) is 6.48. The van der Waals surface area contributed by atoms with Gasteiger partial charge in [0, 0.05) is 49.3 Å². The number of nitrogens with one attached hydrogen (secondary N) is 1. The standard InChI is InChI=1S/C26H29ClN4O3/c1-19-10-11-21(17-22(19)27)28-26(33)30(15-16-34-2)18-24(32)31-14-13-29-12-6-9-23(29)25(31)20-7-4-3-5-8-20/h3-12,17,25H,13-16,18H2,1-2H3,(H,28,33). The molecule has 1 aliphatic heterocycles. The van der Waals surface area contributed by atoms with Crippen molar-refractivity contribution < 1.29 is 14.3 Å². The van der Waals surface area contributed by atoms with Crippen molar-refractivity contribution in [3.63, 3.8) is 0 Å². The van der Waals surface area contributed by atoms with Crippen LogP contribution >= 0.6 is 11.6 Å². The van der Waals surface area contributed by atoms with Gasteiger partial charge in [0.05, 0.1) is 12.6 Å². The SMILES string of the molecule is COCCN(CC(=O)N1CCn2cccc2C1c1ccccc1)C(=O)Nc1ccc(C)c(Cl)c1. The fraction of sp³-hybridized carbons (Fsp3) is 0.308. The third kappa shape index (κ3) is 5.26. The highest BCUT2D eigenvalue weighted by Gasteiger charge is 2.33. The van der Waals surface area contributed by atoms with Gasteiger partial charge in [0.1, 0.15) is 6.54 Å². The molecule has 0 fully saturated rings. The average molecular weight is 481 g/mol. The Morgan fingerprint density at radius 2 is 1.91 bits per heavy atom. The molecule has 1 unspecified atom stereocenters. The highest BCUT2D eigenvalue weighted by Crippen LogP contribution is 2.32. The summed E-state index contributed by atoms with van der Waals surface area (Å²) in [6.45, 7) is 3.72. The lowest BCUT2D eigenvalue weighted by molar-refractivity contribution is -0.134. The van der Waals surface area contributed by atoms with Crippen LogP contribution in [0.2, 0.25) is 5.02 Å². The molecule has 1 aliphatic rings. The number of anilines is 1. The van der Waals surface area contributed by atoms with E-state index in [2.05, 4.69) is 9.88 Å². The lowest BCUT2D eigenvalue weighted by atomic mass is 10.00. The minimum absolute atomic E-state index is 0.0567. The van der Waals surface area contributed by atoms with Crippen molar-refractivity contribution in [1.82, 2.24) is 14.4 Å². The van der Waals surface area contributed by atoms with E-state index in [9.17, 15) is 9.59 Å². The van der Waals surface area contributed by atoms with Gasteiger partial charge in [-0.1, -0.05) is 48.0 Å². The molecule has 2 aromatic carbocycles. The van der Waals surface area contributed by atoms with E-state index in [1.165, 1.54) is 4.90 Å². The van der Waals surface area contributed by atoms with Crippen LogP contribution in [0.25, 0.3) is 0 Å². The molecule has 1 atom stereocenters. The zero-order chi connectivity index (χ0) is 24.1. The summed E-state index contributed by atoms with van der Waals surface area (Å²) in [5.74, 6) is -0.116. The number of methoxy groups -OCH3 is 1. The molecular weight excluding hydrogens is 452 g/mol. The smallest absolute Gasteiger partial charge is 0.322 e. The quantitative estimate of drug-likeness (QED) is 0.539. The van der Waals surface area contributed by atoms with Gasteiger partial charge < -0.3 is 24.4 Å². The highest BCUT2D eigenvalue weighted by atomic mass is 35.5. The van der Waals surface area contributed by atoms with Crippen LogP contribution in [0.15, 0.2) is 66.9 Å². The van der Waals surface area contributed by atoms with Gasteiger partial charge in [-0.05, 0) is 42.3 Å². The Morgan fingerprint density at radius 1 is 1.12 bits per heavy atom. The van der Waals surface area contributed by atoms with Crippen LogP contribution < -0.4 is 5.32 Å². The van der Waals surface area contributed by atoms with Gasteiger partial charge in [-0.15, -0.1) is 0 Å². The van der Waals surface area contributed by atoms with Crippen molar-refractivity contribution in [3.05, 3.63) is 88.7 Å². The summed E-state index contributed by atoms with van der Waals surface area (Å²) in [5, 5.41) is 3.42. The number of hydrogen-bond acceptors (Lipinski definition) is 3. The number of halogens is 1. The molecule has 2 heterocycles. The predicted octanol–water partition coefficient (Wildman–Crippen LogP) is 4.56. The molecule has 8 heteroatoms. The van der Waals surface area contributed by atoms with Crippen molar-refractivity contribution in [3.8, 4) is 0 Å². The number of benzene rings is 2. The highest BCUT2D eigenvalue weighted by molar-refractivity contribution is 6.31. The average Bonchev–Trinajstić information content (AvgIpc) is 3.32. The number of fused-ring (bicyclic) bond motifs is 1. The first kappa shape index (κ1) is 23.9. The summed E-state index contributed by atoms with van der Waals surface area (Å²) in [4.78, 5) is 30.0. The molecule has 0 radical (unpaired) electrons. The molecular formula is C26H29ClN4O3. The van der Waals surface area contributed by atoms with E-state index in [1.807, 2.05) is 66.6 Å². The van der Waals surface area contributed by atoms with Crippen LogP contribution in [0.1, 0.15) is 22.9 Å². The zero-order valence-electron chi connectivity index (χ0n) is 19.4. The molecule has 7 nitrogen and oxygen atoms in total. The Bertz CT molecular complexity index is 1150. The molecule has 0 saturated carbocycles. The number of carbonyl (C=O) groups is 2. The second-order valence-corrected chi connectivity index (χ2v) is 8.74. The van der Waals surface area contributed by atoms with Crippen LogP contribution in [0.5, 0.6) is 0 Å². The molecule has 3 amide bonds. The van der Waals surface area contributed by atoms with Gasteiger partial charge >= 0.3 is 6.03 Å². The van der Waals surface area contributed by atoms with Crippen LogP contribution in [0.4, 0.5) is 10.5 Å². The predicted molar refractivity (Wildman–Crippen MR) is 133 cm³/mol. The summed E-state index contributed by atoms with van der Waals surface area (Å²) in [6.07, 6.45) is 2.04. The van der Waals surface area contributed by atoms with Crippen molar-refractivity contribution in [1.29, 1.82) is 0 Å². The number of nitrogens with zero attached hydrogens (tertiary/aromatic N) is 3. The Hall–Kier alpha value is -3.29. The zero-order valence-corrected chi connectivity index (χ0v) is 20.2. The summed E-state index contributed by atoms with van der Waals surface area (Å²) in [5.41, 5.74) is 3.60. The second-order valence-electron chi connectivity index (χ2n) is 8.34. The largest absolute Gasteiger partial charge is 0.383 e. The Balaban J connectivity index is 1.54. The van der Waals surface area contributed by atoms with Gasteiger partial charge in [-0.2, -0.15) is 0 Å². The van der Waals surface area contributed by atoms with E-state index in [0.717, 1.165) is 16.8 Å². The third-order valence-electron chi connectivity index (χ3n) is 6.08. The first-order chi connectivity index (χ1) is 16.5. The fourth-order valence-electron chi connectivity index (χ4n) is 4.22. The number of aryl methyl sites for hydroxylation is 1. The van der Waals surface area contributed by atoms with E-state index in [-0.39, 0.29) is 31.1 Å². The number of amides is 3. The number of hydrogen-bond donors (Lipinski definition) is 1. The molecule has 3 aromatic rings. The monoisotopic (exact) mass is 480 g/mol. The normalized spacial score (nSPS) is 15.0. The Labute approximate surface area is 204 Å². The summed E-state index contributed by atoms with van der Waals surface area (Å²) in [6, 6.07) is 18.8. The minimum atomic E-state index is -0.373. The van der Waals surface area contributed by atoms with Gasteiger partial charge in [0.2, 0.25) is 5.91 Å². The maximum Gasteiger partial charge on any atom is 0.322 e. The van der Waals surface area contributed by atoms with Gasteiger partial charge in [0.15, 0.2) is 0 Å². The first-order valence-electron chi connectivity index (χ1n) is 11.3. The first-order valence-corrected chi connectivity index (χ1v) is 11.7. The topological polar surface area (TPSA) is 66.8 Å². The lowest BCUT2D eigenvalue weighted by Crippen LogP contribution is -2.49. The van der Waals surface area contributed by atoms with E-state index >= 15 is 0 Å². The molecule has 0 aliphatic carbocycles. The van der Waals surface area contributed by atoms with Crippen LogP contribution in [-0.2, 0) is 16.1 Å². The number of urea groups is 1. The fourth-order valence-corrected chi connectivity index (χ4v) is 4.40. The van der Waals surface area contributed by atoms with Crippen molar-refractivity contribution >= 4 is 29.2 Å². The second kappa shape index (κ2) is 10.8. The molecule has 34 heavy (non-hydrogen) atoms. The number of ether oxygens (including phenoxy) is 1. The van der Waals surface area contributed by atoms with Gasteiger partial charge in [0.25, 0.3) is 0 Å². The summed E-state index contributed by atoms with van der Waals surface area (Å²) < 4.78 is 7.37. The Kier molecular flexibility index (Phi) is 7.55. The summed E-state index contributed by atoms with van der Waals surface area (Å²) >= 11 is 6.20. The molecule has 1 aromatic heterocycles. The molecule has 178 valence electrons. The molecule has 0 spiro atoms. The maximum atomic E-state index is 13.6. The van der Waals surface area contributed by atoms with E-state index in [1.54, 1.807) is 19.2 Å². The van der Waals surface area contributed by atoms with Crippen LogP contribution in [0, 0.1) is 6.92 Å². The van der Waals surface area contributed by atoms with Gasteiger partial charge in [-0.25, -0.2) is 4.79 Å². The molecule has 1 N–H and O–H groups in total.